The number of hydrogen-bond acceptors (Lipinski definition) is 3. The molecule has 162 valence electrons. The third-order valence-electron chi connectivity index (χ3n) is 6.47. The monoisotopic (exact) mass is 419 g/mol. The number of rotatable bonds is 5. The lowest BCUT2D eigenvalue weighted by molar-refractivity contribution is -0.136. The average molecular weight is 419 g/mol. The van der Waals surface area contributed by atoms with Crippen molar-refractivity contribution in [1.82, 2.24) is 10.3 Å². The fourth-order valence-electron chi connectivity index (χ4n) is 5.12. The third kappa shape index (κ3) is 4.40. The van der Waals surface area contributed by atoms with Gasteiger partial charge in [0.2, 0.25) is 5.91 Å². The van der Waals surface area contributed by atoms with E-state index in [4.69, 9.17) is 0 Å². The van der Waals surface area contributed by atoms with E-state index in [1.54, 1.807) is 18.2 Å². The molecule has 4 nitrogen and oxygen atoms in total. The summed E-state index contributed by atoms with van der Waals surface area (Å²) in [6.45, 7) is 4.65. The molecule has 1 unspecified atom stereocenters. The highest BCUT2D eigenvalue weighted by atomic mass is 19.4. The minimum atomic E-state index is -4.42. The van der Waals surface area contributed by atoms with E-state index >= 15 is 0 Å². The molecule has 2 aliphatic rings. The van der Waals surface area contributed by atoms with Crippen molar-refractivity contribution in [2.75, 3.05) is 24.5 Å². The van der Waals surface area contributed by atoms with Crippen LogP contribution in [0.15, 0.2) is 30.5 Å². The number of amides is 1. The van der Waals surface area contributed by atoms with Gasteiger partial charge in [-0.2, -0.15) is 13.2 Å². The molecule has 1 N–H and O–H groups in total. The van der Waals surface area contributed by atoms with Crippen molar-refractivity contribution in [3.63, 3.8) is 0 Å². The molecule has 0 bridgehead atoms. The summed E-state index contributed by atoms with van der Waals surface area (Å²) in [5.41, 5.74) is 0.167. The number of alkyl halides is 3. The molecule has 7 heteroatoms. The summed E-state index contributed by atoms with van der Waals surface area (Å²) in [6, 6.07) is 6.20. The molecule has 1 aromatic carbocycles. The van der Waals surface area contributed by atoms with E-state index in [9.17, 15) is 18.0 Å². The first-order chi connectivity index (χ1) is 14.3. The van der Waals surface area contributed by atoms with Gasteiger partial charge in [0.05, 0.1) is 11.1 Å². The molecule has 0 radical (unpaired) electrons. The van der Waals surface area contributed by atoms with E-state index in [1.807, 2.05) is 0 Å². The molecule has 1 aromatic heterocycles. The second-order valence-electron chi connectivity index (χ2n) is 8.85. The SMILES string of the molecule is C[C@H]1C[C@@H](CCCC2CCNC2=O)CN(c2ccc(C(F)(F)F)c3ncccc23)C1. The normalized spacial score (nSPS) is 25.0. The fourth-order valence-corrected chi connectivity index (χ4v) is 5.12. The largest absolute Gasteiger partial charge is 0.418 e. The summed E-state index contributed by atoms with van der Waals surface area (Å²) in [5.74, 6) is 1.27. The maximum Gasteiger partial charge on any atom is 0.418 e. The van der Waals surface area contributed by atoms with Crippen molar-refractivity contribution in [2.45, 2.75) is 45.2 Å². The maximum absolute atomic E-state index is 13.4. The van der Waals surface area contributed by atoms with Crippen molar-refractivity contribution < 1.29 is 18.0 Å². The van der Waals surface area contributed by atoms with Gasteiger partial charge in [-0.25, -0.2) is 0 Å². The van der Waals surface area contributed by atoms with Crippen LogP contribution in [0.4, 0.5) is 18.9 Å². The second kappa shape index (κ2) is 8.44. The lowest BCUT2D eigenvalue weighted by Gasteiger charge is -2.39. The first kappa shape index (κ1) is 20.9. The van der Waals surface area contributed by atoms with E-state index in [0.717, 1.165) is 63.5 Å². The summed E-state index contributed by atoms with van der Waals surface area (Å²) in [6.07, 6.45) is 2.02. The Balaban J connectivity index is 1.50. The van der Waals surface area contributed by atoms with Crippen LogP contribution in [0.5, 0.6) is 0 Å². The minimum absolute atomic E-state index is 0.0181. The van der Waals surface area contributed by atoms with Crippen LogP contribution < -0.4 is 10.2 Å². The van der Waals surface area contributed by atoms with Crippen molar-refractivity contribution in [1.29, 1.82) is 0 Å². The Morgan fingerprint density at radius 3 is 2.77 bits per heavy atom. The zero-order valence-corrected chi connectivity index (χ0v) is 17.2. The number of anilines is 1. The van der Waals surface area contributed by atoms with E-state index in [0.29, 0.717) is 17.2 Å². The van der Waals surface area contributed by atoms with Gasteiger partial charge >= 0.3 is 6.18 Å². The van der Waals surface area contributed by atoms with Crippen molar-refractivity contribution in [3.8, 4) is 0 Å². The van der Waals surface area contributed by atoms with Crippen molar-refractivity contribution in [3.05, 3.63) is 36.0 Å². The number of hydrogen-bond donors (Lipinski definition) is 1. The fraction of sp³-hybridized carbons (Fsp3) is 0.565. The smallest absolute Gasteiger partial charge is 0.370 e. The molecule has 2 aromatic rings. The van der Waals surface area contributed by atoms with Crippen molar-refractivity contribution in [2.24, 2.45) is 17.8 Å². The van der Waals surface area contributed by atoms with Crippen LogP contribution in [0.2, 0.25) is 0 Å². The molecular weight excluding hydrogens is 391 g/mol. The standard InChI is InChI=1S/C23H28F3N3O/c1-15-12-16(4-2-5-17-9-11-28-22(17)30)14-29(13-15)20-8-7-19(23(24,25)26)21-18(20)6-3-10-27-21/h3,6-8,10,15-17H,2,4-5,9,11-14H2,1H3,(H,28,30)/t15-,16+,17?/m0/s1. The van der Waals surface area contributed by atoms with Crippen LogP contribution in [-0.4, -0.2) is 30.5 Å². The molecule has 0 aliphatic carbocycles. The van der Waals surface area contributed by atoms with Gasteiger partial charge in [0.1, 0.15) is 0 Å². The highest BCUT2D eigenvalue weighted by Gasteiger charge is 2.35. The molecule has 4 rings (SSSR count). The van der Waals surface area contributed by atoms with Gasteiger partial charge in [0, 0.05) is 42.8 Å². The number of halogens is 3. The van der Waals surface area contributed by atoms with E-state index in [2.05, 4.69) is 22.1 Å². The Bertz CT molecular complexity index is 914. The van der Waals surface area contributed by atoms with Gasteiger partial charge in [0.15, 0.2) is 0 Å². The quantitative estimate of drug-likeness (QED) is 0.740. The zero-order chi connectivity index (χ0) is 21.3. The van der Waals surface area contributed by atoms with Gasteiger partial charge in [-0.3, -0.25) is 9.78 Å². The highest BCUT2D eigenvalue weighted by Crippen LogP contribution is 2.39. The van der Waals surface area contributed by atoms with Gasteiger partial charge in [-0.1, -0.05) is 13.3 Å². The number of aromatic nitrogens is 1. The summed E-state index contributed by atoms with van der Waals surface area (Å²) in [5, 5.41) is 3.45. The molecular formula is C23H28F3N3O. The molecule has 1 amide bonds. The van der Waals surface area contributed by atoms with Crippen LogP contribution in [-0.2, 0) is 11.0 Å². The summed E-state index contributed by atoms with van der Waals surface area (Å²) < 4.78 is 40.3. The van der Waals surface area contributed by atoms with Crippen LogP contribution >= 0.6 is 0 Å². The predicted molar refractivity (Wildman–Crippen MR) is 111 cm³/mol. The molecule has 0 spiro atoms. The first-order valence-electron chi connectivity index (χ1n) is 10.8. The summed E-state index contributed by atoms with van der Waals surface area (Å²) in [4.78, 5) is 18.0. The number of fused-ring (bicyclic) bond motifs is 1. The van der Waals surface area contributed by atoms with Gasteiger partial charge in [-0.15, -0.1) is 0 Å². The van der Waals surface area contributed by atoms with E-state index in [-0.39, 0.29) is 17.3 Å². The number of carbonyl (C=O) groups is 1. The lowest BCUT2D eigenvalue weighted by Crippen LogP contribution is -2.40. The topological polar surface area (TPSA) is 45.2 Å². The molecule has 2 fully saturated rings. The Labute approximate surface area is 174 Å². The Morgan fingerprint density at radius 2 is 2.03 bits per heavy atom. The minimum Gasteiger partial charge on any atom is -0.370 e. The zero-order valence-electron chi connectivity index (χ0n) is 17.2. The predicted octanol–water partition coefficient (Wildman–Crippen LogP) is 5.02. The molecule has 0 saturated carbocycles. The molecule has 30 heavy (non-hydrogen) atoms. The average Bonchev–Trinajstić information content (AvgIpc) is 3.11. The van der Waals surface area contributed by atoms with Gasteiger partial charge in [-0.05, 0) is 61.8 Å². The number of benzene rings is 1. The number of carbonyl (C=O) groups excluding carboxylic acids is 1. The Morgan fingerprint density at radius 1 is 1.20 bits per heavy atom. The summed E-state index contributed by atoms with van der Waals surface area (Å²) in [7, 11) is 0. The highest BCUT2D eigenvalue weighted by molar-refractivity contribution is 5.94. The second-order valence-corrected chi connectivity index (χ2v) is 8.85. The van der Waals surface area contributed by atoms with E-state index < -0.39 is 11.7 Å². The number of pyridine rings is 1. The molecule has 3 atom stereocenters. The molecule has 3 heterocycles. The number of piperidine rings is 1. The van der Waals surface area contributed by atoms with Gasteiger partial charge < -0.3 is 10.2 Å². The van der Waals surface area contributed by atoms with Crippen LogP contribution in [0, 0.1) is 17.8 Å². The summed E-state index contributed by atoms with van der Waals surface area (Å²) >= 11 is 0. The Kier molecular flexibility index (Phi) is 5.89. The number of nitrogens with zero attached hydrogens (tertiary/aromatic N) is 2. The van der Waals surface area contributed by atoms with Crippen LogP contribution in [0.25, 0.3) is 10.9 Å². The Hall–Kier alpha value is -2.31. The van der Waals surface area contributed by atoms with Crippen LogP contribution in [0.1, 0.15) is 44.6 Å². The van der Waals surface area contributed by atoms with Crippen LogP contribution in [0.3, 0.4) is 0 Å². The van der Waals surface area contributed by atoms with Gasteiger partial charge in [0.25, 0.3) is 0 Å². The van der Waals surface area contributed by atoms with E-state index in [1.165, 1.54) is 6.20 Å². The van der Waals surface area contributed by atoms with Crippen molar-refractivity contribution >= 4 is 22.5 Å². The molecule has 2 saturated heterocycles. The maximum atomic E-state index is 13.4. The lowest BCUT2D eigenvalue weighted by atomic mass is 9.85. The third-order valence-corrected chi connectivity index (χ3v) is 6.47. The number of nitrogens with one attached hydrogen (secondary N) is 1. The first-order valence-corrected chi connectivity index (χ1v) is 10.8. The molecule has 2 aliphatic heterocycles.